The third kappa shape index (κ3) is 3.15. The van der Waals surface area contributed by atoms with Gasteiger partial charge in [0.05, 0.1) is 12.2 Å². The lowest BCUT2D eigenvalue weighted by Gasteiger charge is -2.27. The van der Waals surface area contributed by atoms with Crippen molar-refractivity contribution in [3.63, 3.8) is 0 Å². The van der Waals surface area contributed by atoms with Gasteiger partial charge in [-0.25, -0.2) is 0 Å². The van der Waals surface area contributed by atoms with Gasteiger partial charge in [-0.15, -0.1) is 0 Å². The number of hydrogen-bond donors (Lipinski definition) is 1. The van der Waals surface area contributed by atoms with Crippen LogP contribution in [0.5, 0.6) is 5.75 Å². The Kier molecular flexibility index (Phi) is 4.46. The maximum atomic E-state index is 6.10. The van der Waals surface area contributed by atoms with Gasteiger partial charge in [-0.3, -0.25) is 0 Å². The van der Waals surface area contributed by atoms with Crippen molar-refractivity contribution in [2.75, 3.05) is 11.9 Å². The Hall–Kier alpha value is -1.96. The van der Waals surface area contributed by atoms with Crippen molar-refractivity contribution in [1.29, 1.82) is 0 Å². The first-order valence-electron chi connectivity index (χ1n) is 9.48. The number of ether oxygens (including phenoxy) is 1. The normalized spacial score (nSPS) is 20.8. The van der Waals surface area contributed by atoms with Crippen LogP contribution in [-0.4, -0.2) is 12.6 Å². The minimum atomic E-state index is 0.279. The molecule has 2 aliphatic rings. The Morgan fingerprint density at radius 1 is 0.958 bits per heavy atom. The van der Waals surface area contributed by atoms with Gasteiger partial charge in [0, 0.05) is 0 Å². The van der Waals surface area contributed by atoms with Crippen LogP contribution in [0.3, 0.4) is 0 Å². The van der Waals surface area contributed by atoms with E-state index in [1.54, 1.807) is 0 Å². The van der Waals surface area contributed by atoms with Gasteiger partial charge in [0.2, 0.25) is 0 Å². The van der Waals surface area contributed by atoms with Gasteiger partial charge in [-0.2, -0.15) is 0 Å². The summed E-state index contributed by atoms with van der Waals surface area (Å²) < 4.78 is 6.10. The van der Waals surface area contributed by atoms with E-state index in [9.17, 15) is 0 Å². The summed E-state index contributed by atoms with van der Waals surface area (Å²) in [6.07, 6.45) is 8.22. The fraction of sp³-hybridized carbons (Fsp3) is 0.455. The van der Waals surface area contributed by atoms with E-state index in [1.165, 1.54) is 48.8 Å². The lowest BCUT2D eigenvalue weighted by Crippen LogP contribution is -2.29. The Balaban J connectivity index is 1.55. The molecule has 2 heteroatoms. The number of rotatable bonds is 3. The number of benzene rings is 2. The molecule has 1 fully saturated rings. The molecule has 1 N–H and O–H groups in total. The second kappa shape index (κ2) is 6.88. The molecule has 1 aliphatic carbocycles. The average Bonchev–Trinajstić information content (AvgIpc) is 2.68. The summed E-state index contributed by atoms with van der Waals surface area (Å²) in [6, 6.07) is 15.7. The zero-order valence-electron chi connectivity index (χ0n) is 14.6. The summed E-state index contributed by atoms with van der Waals surface area (Å²) in [7, 11) is 0. The minimum Gasteiger partial charge on any atom is -0.486 e. The molecule has 1 aliphatic heterocycles. The molecule has 0 bridgehead atoms. The van der Waals surface area contributed by atoms with Gasteiger partial charge in [0.25, 0.3) is 0 Å². The second-order valence-corrected chi connectivity index (χ2v) is 7.20. The lowest BCUT2D eigenvalue weighted by atomic mass is 9.84. The topological polar surface area (TPSA) is 21.3 Å². The van der Waals surface area contributed by atoms with Crippen LogP contribution in [-0.2, 0) is 0 Å². The first-order valence-corrected chi connectivity index (χ1v) is 9.48. The Labute approximate surface area is 145 Å². The smallest absolute Gasteiger partial charge is 0.143 e. The quantitative estimate of drug-likeness (QED) is 0.750. The van der Waals surface area contributed by atoms with Crippen molar-refractivity contribution < 1.29 is 4.74 Å². The van der Waals surface area contributed by atoms with Gasteiger partial charge in [0.15, 0.2) is 0 Å². The molecule has 2 aromatic carbocycles. The summed E-state index contributed by atoms with van der Waals surface area (Å²) >= 11 is 0. The molecule has 2 aromatic rings. The predicted octanol–water partition coefficient (Wildman–Crippen LogP) is 5.98. The highest BCUT2D eigenvalue weighted by Crippen LogP contribution is 2.36. The third-order valence-corrected chi connectivity index (χ3v) is 5.57. The molecule has 0 radical (unpaired) electrons. The van der Waals surface area contributed by atoms with E-state index in [-0.39, 0.29) is 6.10 Å². The van der Waals surface area contributed by atoms with Crippen LogP contribution in [0.15, 0.2) is 42.5 Å². The molecule has 1 heterocycles. The highest BCUT2D eigenvalue weighted by Gasteiger charge is 2.18. The van der Waals surface area contributed by atoms with Gasteiger partial charge < -0.3 is 10.1 Å². The zero-order chi connectivity index (χ0) is 16.4. The van der Waals surface area contributed by atoms with Crippen molar-refractivity contribution in [2.24, 2.45) is 0 Å². The standard InChI is InChI=1S/C22H27NO/c1-2-20-15-23-21-13-12-19(14-22(21)24-20)18-10-8-17(9-11-18)16-6-4-3-5-7-16/h8-14,16,20,23H,2-7,15H2,1H3. The summed E-state index contributed by atoms with van der Waals surface area (Å²) in [4.78, 5) is 0. The average molecular weight is 321 g/mol. The molecule has 1 unspecified atom stereocenters. The fourth-order valence-corrected chi connectivity index (χ4v) is 4.00. The molecule has 126 valence electrons. The molecule has 0 amide bonds. The van der Waals surface area contributed by atoms with Crippen molar-refractivity contribution in [1.82, 2.24) is 0 Å². The third-order valence-electron chi connectivity index (χ3n) is 5.57. The Morgan fingerprint density at radius 2 is 1.71 bits per heavy atom. The van der Waals surface area contributed by atoms with E-state index in [0.717, 1.165) is 30.3 Å². The summed E-state index contributed by atoms with van der Waals surface area (Å²) in [5, 5.41) is 3.47. The van der Waals surface area contributed by atoms with E-state index in [0.29, 0.717) is 0 Å². The number of hydrogen-bond acceptors (Lipinski definition) is 2. The molecule has 0 spiro atoms. The summed E-state index contributed by atoms with van der Waals surface area (Å²) in [5.41, 5.74) is 5.14. The van der Waals surface area contributed by atoms with E-state index in [4.69, 9.17) is 4.74 Å². The maximum Gasteiger partial charge on any atom is 0.143 e. The van der Waals surface area contributed by atoms with Crippen LogP contribution in [0.25, 0.3) is 11.1 Å². The predicted molar refractivity (Wildman–Crippen MR) is 101 cm³/mol. The van der Waals surface area contributed by atoms with Crippen molar-refractivity contribution in [2.45, 2.75) is 57.5 Å². The molecule has 4 rings (SSSR count). The SMILES string of the molecule is CCC1CNc2ccc(-c3ccc(C4CCCCC4)cc3)cc2O1. The summed E-state index contributed by atoms with van der Waals surface area (Å²) in [6.45, 7) is 3.07. The van der Waals surface area contributed by atoms with E-state index in [1.807, 2.05) is 0 Å². The maximum absolute atomic E-state index is 6.10. The first kappa shape index (κ1) is 15.6. The van der Waals surface area contributed by atoms with Gasteiger partial charge in [0.1, 0.15) is 11.9 Å². The van der Waals surface area contributed by atoms with E-state index < -0.39 is 0 Å². The number of nitrogens with one attached hydrogen (secondary N) is 1. The van der Waals surface area contributed by atoms with E-state index >= 15 is 0 Å². The zero-order valence-corrected chi connectivity index (χ0v) is 14.6. The van der Waals surface area contributed by atoms with E-state index in [2.05, 4.69) is 54.7 Å². The molecule has 0 aromatic heterocycles. The van der Waals surface area contributed by atoms with Crippen LogP contribution in [0.4, 0.5) is 5.69 Å². The highest BCUT2D eigenvalue weighted by atomic mass is 16.5. The lowest BCUT2D eigenvalue weighted by molar-refractivity contribution is 0.202. The summed E-state index contributed by atoms with van der Waals surface area (Å²) in [5.74, 6) is 1.76. The second-order valence-electron chi connectivity index (χ2n) is 7.20. The van der Waals surface area contributed by atoms with Crippen LogP contribution in [0, 0.1) is 0 Å². The molecular weight excluding hydrogens is 294 g/mol. The molecule has 24 heavy (non-hydrogen) atoms. The Bertz CT molecular complexity index is 686. The van der Waals surface area contributed by atoms with Gasteiger partial charge in [-0.05, 0) is 54.0 Å². The molecule has 0 saturated heterocycles. The molecular formula is C22H27NO. The molecule has 1 atom stereocenters. The van der Waals surface area contributed by atoms with Gasteiger partial charge in [-0.1, -0.05) is 56.5 Å². The largest absolute Gasteiger partial charge is 0.486 e. The van der Waals surface area contributed by atoms with Gasteiger partial charge >= 0.3 is 0 Å². The first-order chi connectivity index (χ1) is 11.8. The number of fused-ring (bicyclic) bond motifs is 1. The van der Waals surface area contributed by atoms with Crippen LogP contribution < -0.4 is 10.1 Å². The van der Waals surface area contributed by atoms with Crippen molar-refractivity contribution in [3.8, 4) is 16.9 Å². The van der Waals surface area contributed by atoms with Crippen molar-refractivity contribution in [3.05, 3.63) is 48.0 Å². The van der Waals surface area contributed by atoms with Crippen LogP contribution in [0.1, 0.15) is 56.9 Å². The van der Waals surface area contributed by atoms with Crippen LogP contribution in [0.2, 0.25) is 0 Å². The van der Waals surface area contributed by atoms with Crippen LogP contribution >= 0.6 is 0 Å². The molecule has 2 nitrogen and oxygen atoms in total. The minimum absolute atomic E-state index is 0.279. The highest BCUT2D eigenvalue weighted by molar-refractivity contribution is 5.71. The fourth-order valence-electron chi connectivity index (χ4n) is 4.00. The Morgan fingerprint density at radius 3 is 2.46 bits per heavy atom. The number of anilines is 1. The monoisotopic (exact) mass is 321 g/mol. The molecule has 1 saturated carbocycles. The van der Waals surface area contributed by atoms with Crippen molar-refractivity contribution >= 4 is 5.69 Å².